The Morgan fingerprint density at radius 2 is 1.94 bits per heavy atom. The summed E-state index contributed by atoms with van der Waals surface area (Å²) in [7, 11) is 0. The van der Waals surface area contributed by atoms with Crippen molar-refractivity contribution in [1.82, 2.24) is 24.6 Å². The first kappa shape index (κ1) is 23.3. The predicted octanol–water partition coefficient (Wildman–Crippen LogP) is 6.84. The molecule has 36 heavy (non-hydrogen) atoms. The summed E-state index contributed by atoms with van der Waals surface area (Å²) in [6, 6.07) is 11.9. The van der Waals surface area contributed by atoms with Crippen LogP contribution in [0.5, 0.6) is 11.5 Å². The van der Waals surface area contributed by atoms with E-state index in [0.717, 1.165) is 51.8 Å². The molecule has 0 atom stereocenters. The van der Waals surface area contributed by atoms with Crippen LogP contribution in [0.2, 0.25) is 0 Å². The van der Waals surface area contributed by atoms with Crippen LogP contribution in [0.25, 0.3) is 10.2 Å². The van der Waals surface area contributed by atoms with E-state index in [4.69, 9.17) is 9.72 Å². The summed E-state index contributed by atoms with van der Waals surface area (Å²) in [4.78, 5) is 15.8. The number of thiophene rings is 1. The molecule has 0 aliphatic carbocycles. The molecule has 0 radical (unpaired) electrons. The highest BCUT2D eigenvalue weighted by molar-refractivity contribution is 7.99. The van der Waals surface area contributed by atoms with Crippen LogP contribution in [-0.2, 0) is 0 Å². The average Bonchev–Trinajstić information content (AvgIpc) is 3.58. The molecule has 1 aliphatic heterocycles. The third-order valence-corrected chi connectivity index (χ3v) is 8.51. The van der Waals surface area contributed by atoms with Gasteiger partial charge in [0.15, 0.2) is 11.6 Å². The lowest BCUT2D eigenvalue weighted by Crippen LogP contribution is -2.27. The minimum absolute atomic E-state index is 0.319. The second-order valence-electron chi connectivity index (χ2n) is 8.23. The number of piperidine rings is 1. The van der Waals surface area contributed by atoms with Gasteiger partial charge >= 0.3 is 0 Å². The lowest BCUT2D eigenvalue weighted by atomic mass is 9.98. The van der Waals surface area contributed by atoms with Crippen LogP contribution in [0.1, 0.15) is 24.6 Å². The van der Waals surface area contributed by atoms with Crippen LogP contribution in [0.15, 0.2) is 70.0 Å². The Labute approximate surface area is 219 Å². The molecule has 1 saturated heterocycles. The fourth-order valence-corrected chi connectivity index (χ4v) is 6.50. The van der Waals surface area contributed by atoms with Crippen molar-refractivity contribution in [3.8, 4) is 11.5 Å². The number of aromatic nitrogens is 4. The SMILES string of the molecule is Fc1ccc(Oc2cc(Sc3ccnc4ccsc34)cnc2Nc2nc(C3CCNCC3)ns2)cc1. The van der Waals surface area contributed by atoms with Crippen LogP contribution in [0, 0.1) is 5.82 Å². The van der Waals surface area contributed by atoms with Gasteiger partial charge in [-0.1, -0.05) is 11.8 Å². The zero-order valence-electron chi connectivity index (χ0n) is 19.0. The highest BCUT2D eigenvalue weighted by Crippen LogP contribution is 2.39. The van der Waals surface area contributed by atoms with Gasteiger partial charge in [-0.15, -0.1) is 11.3 Å². The quantitative estimate of drug-likeness (QED) is 0.234. The van der Waals surface area contributed by atoms with Crippen molar-refractivity contribution in [2.45, 2.75) is 28.6 Å². The largest absolute Gasteiger partial charge is 0.453 e. The molecule has 0 amide bonds. The topological polar surface area (TPSA) is 84.9 Å². The lowest BCUT2D eigenvalue weighted by Gasteiger charge is -2.19. The summed E-state index contributed by atoms with van der Waals surface area (Å²) in [5.74, 6) is 2.47. The number of anilines is 2. The molecule has 6 rings (SSSR count). The number of hydrogen-bond donors (Lipinski definition) is 2. The molecule has 4 aromatic heterocycles. The van der Waals surface area contributed by atoms with Gasteiger partial charge in [0.1, 0.15) is 17.4 Å². The molecule has 1 aliphatic rings. The number of benzene rings is 1. The van der Waals surface area contributed by atoms with Crippen LogP contribution in [-0.4, -0.2) is 32.4 Å². The summed E-state index contributed by atoms with van der Waals surface area (Å²) in [5, 5.41) is 9.36. The monoisotopic (exact) mass is 536 g/mol. The number of hydrogen-bond acceptors (Lipinski definition) is 10. The molecule has 0 bridgehead atoms. The van der Waals surface area contributed by atoms with Gasteiger partial charge in [0.2, 0.25) is 5.13 Å². The van der Waals surface area contributed by atoms with E-state index in [0.29, 0.717) is 28.4 Å². The van der Waals surface area contributed by atoms with Gasteiger partial charge in [-0.3, -0.25) is 4.98 Å². The van der Waals surface area contributed by atoms with Crippen molar-refractivity contribution in [2.75, 3.05) is 18.4 Å². The molecule has 11 heteroatoms. The number of halogens is 1. The van der Waals surface area contributed by atoms with E-state index >= 15 is 0 Å². The van der Waals surface area contributed by atoms with Crippen molar-refractivity contribution in [3.63, 3.8) is 0 Å². The van der Waals surface area contributed by atoms with Crippen molar-refractivity contribution in [3.05, 3.63) is 71.9 Å². The fourth-order valence-electron chi connectivity index (χ4n) is 3.97. The Hall–Kier alpha value is -3.12. The van der Waals surface area contributed by atoms with E-state index in [1.165, 1.54) is 23.7 Å². The highest BCUT2D eigenvalue weighted by Gasteiger charge is 2.20. The predicted molar refractivity (Wildman–Crippen MR) is 142 cm³/mol. The molecule has 1 aromatic carbocycles. The standard InChI is InChI=1S/C25H21FN6OS3/c26-16-1-3-17(4-2-16)33-20-13-18(35-21-7-11-28-19-8-12-34-22(19)21)14-29-24(20)31-25-30-23(32-36-25)15-5-9-27-10-6-15/h1-4,7-8,11-15,27H,5-6,9-10H2,(H,29,30,31,32). The van der Waals surface area contributed by atoms with Gasteiger partial charge in [-0.25, -0.2) is 14.4 Å². The minimum atomic E-state index is -0.319. The number of rotatable bonds is 7. The van der Waals surface area contributed by atoms with E-state index in [1.54, 1.807) is 41.4 Å². The average molecular weight is 537 g/mol. The molecule has 5 aromatic rings. The molecule has 182 valence electrons. The van der Waals surface area contributed by atoms with E-state index in [2.05, 4.69) is 25.0 Å². The normalized spacial score (nSPS) is 14.2. The van der Waals surface area contributed by atoms with Gasteiger partial charge in [0.05, 0.1) is 10.2 Å². The van der Waals surface area contributed by atoms with Gasteiger partial charge in [-0.2, -0.15) is 4.37 Å². The fraction of sp³-hybridized carbons (Fsp3) is 0.200. The van der Waals surface area contributed by atoms with Crippen LogP contribution >= 0.6 is 34.6 Å². The summed E-state index contributed by atoms with van der Waals surface area (Å²) in [6.07, 6.45) is 5.68. The Balaban J connectivity index is 1.29. The maximum absolute atomic E-state index is 13.4. The molecule has 0 saturated carbocycles. The number of ether oxygens (including phenoxy) is 1. The number of pyridine rings is 2. The Bertz CT molecular complexity index is 1480. The molecule has 1 fully saturated rings. The Kier molecular flexibility index (Phi) is 6.77. The second kappa shape index (κ2) is 10.5. The molecule has 0 spiro atoms. The summed E-state index contributed by atoms with van der Waals surface area (Å²) >= 11 is 4.57. The van der Waals surface area contributed by atoms with Gasteiger partial charge in [0, 0.05) is 45.7 Å². The third-order valence-electron chi connectivity index (χ3n) is 5.78. The first-order valence-corrected chi connectivity index (χ1v) is 13.9. The zero-order chi connectivity index (χ0) is 24.3. The summed E-state index contributed by atoms with van der Waals surface area (Å²) < 4.78 is 25.3. The molecular weight excluding hydrogens is 516 g/mol. The number of fused-ring (bicyclic) bond motifs is 1. The van der Waals surface area contributed by atoms with Crippen molar-refractivity contribution in [2.24, 2.45) is 0 Å². The zero-order valence-corrected chi connectivity index (χ0v) is 21.4. The maximum atomic E-state index is 13.4. The van der Waals surface area contributed by atoms with Crippen LogP contribution < -0.4 is 15.4 Å². The highest BCUT2D eigenvalue weighted by atomic mass is 32.2. The summed E-state index contributed by atoms with van der Waals surface area (Å²) in [5.41, 5.74) is 0.972. The van der Waals surface area contributed by atoms with Crippen LogP contribution in [0.3, 0.4) is 0 Å². The Morgan fingerprint density at radius 3 is 2.81 bits per heavy atom. The van der Waals surface area contributed by atoms with Crippen molar-refractivity contribution >= 4 is 55.8 Å². The van der Waals surface area contributed by atoms with Crippen LogP contribution in [0.4, 0.5) is 15.3 Å². The number of nitrogens with one attached hydrogen (secondary N) is 2. The third kappa shape index (κ3) is 5.19. The van der Waals surface area contributed by atoms with Gasteiger partial charge < -0.3 is 15.4 Å². The van der Waals surface area contributed by atoms with E-state index in [-0.39, 0.29) is 5.82 Å². The summed E-state index contributed by atoms with van der Waals surface area (Å²) in [6.45, 7) is 1.97. The minimum Gasteiger partial charge on any atom is -0.453 e. The molecule has 7 nitrogen and oxygen atoms in total. The van der Waals surface area contributed by atoms with E-state index in [1.807, 2.05) is 29.8 Å². The van der Waals surface area contributed by atoms with E-state index < -0.39 is 0 Å². The first-order chi connectivity index (χ1) is 17.7. The molecule has 0 unspecified atom stereocenters. The second-order valence-corrected chi connectivity index (χ2v) is 11.0. The smallest absolute Gasteiger partial charge is 0.208 e. The Morgan fingerprint density at radius 1 is 1.08 bits per heavy atom. The van der Waals surface area contributed by atoms with E-state index in [9.17, 15) is 4.39 Å². The van der Waals surface area contributed by atoms with Gasteiger partial charge in [-0.05, 0) is 67.7 Å². The first-order valence-electron chi connectivity index (χ1n) is 11.5. The van der Waals surface area contributed by atoms with Crippen molar-refractivity contribution in [1.29, 1.82) is 0 Å². The van der Waals surface area contributed by atoms with Crippen molar-refractivity contribution < 1.29 is 9.13 Å². The molecular formula is C25H21FN6OS3. The van der Waals surface area contributed by atoms with Gasteiger partial charge in [0.25, 0.3) is 0 Å². The molecule has 5 heterocycles. The molecule has 2 N–H and O–H groups in total. The maximum Gasteiger partial charge on any atom is 0.208 e. The lowest BCUT2D eigenvalue weighted by molar-refractivity contribution is 0.448. The number of nitrogens with zero attached hydrogens (tertiary/aromatic N) is 4.